The number of aromatic nitrogens is 1. The Labute approximate surface area is 128 Å². The van der Waals surface area contributed by atoms with Gasteiger partial charge in [0, 0.05) is 25.2 Å². The molecule has 0 unspecified atom stereocenters. The maximum absolute atomic E-state index is 12.2. The predicted octanol–water partition coefficient (Wildman–Crippen LogP) is -0.480. The molecule has 0 aromatic carbocycles. The minimum absolute atomic E-state index is 0.0283. The first kappa shape index (κ1) is 15.8. The fourth-order valence-electron chi connectivity index (χ4n) is 1.73. The molecule has 1 aromatic heterocycles. The molecule has 0 aliphatic heterocycles. The standard InChI is InChI=1S/C12H16N4O3S2/c13-11(20)10-9(2-1-5-14-10)21(18,19)16-7-6-15-12(17)8-3-4-8/h1-2,5,8,16H,3-4,6-7H2,(H2,13,20)(H,15,17). The number of carbonyl (C=O) groups excluding carboxylic acids is 1. The minimum Gasteiger partial charge on any atom is -0.388 e. The van der Waals surface area contributed by atoms with E-state index in [4.69, 9.17) is 18.0 Å². The number of sulfonamides is 1. The molecule has 0 spiro atoms. The second-order valence-corrected chi connectivity index (χ2v) is 6.85. The van der Waals surface area contributed by atoms with Gasteiger partial charge in [-0.15, -0.1) is 0 Å². The van der Waals surface area contributed by atoms with Crippen LogP contribution in [0.2, 0.25) is 0 Å². The minimum atomic E-state index is -3.77. The molecule has 0 saturated heterocycles. The highest BCUT2D eigenvalue weighted by atomic mass is 32.2. The zero-order chi connectivity index (χ0) is 15.5. The number of nitrogens with one attached hydrogen (secondary N) is 2. The Morgan fingerprint density at radius 3 is 2.76 bits per heavy atom. The van der Waals surface area contributed by atoms with Gasteiger partial charge in [-0.1, -0.05) is 12.2 Å². The molecule has 4 N–H and O–H groups in total. The number of amides is 1. The van der Waals surface area contributed by atoms with Crippen molar-refractivity contribution in [2.45, 2.75) is 17.7 Å². The van der Waals surface area contributed by atoms with Crippen LogP contribution in [0, 0.1) is 5.92 Å². The molecule has 114 valence electrons. The molecule has 1 aliphatic rings. The molecule has 1 aliphatic carbocycles. The SMILES string of the molecule is NC(=S)c1ncccc1S(=O)(=O)NCCNC(=O)C1CC1. The highest BCUT2D eigenvalue weighted by molar-refractivity contribution is 7.89. The number of nitrogens with zero attached hydrogens (tertiary/aromatic N) is 1. The van der Waals surface area contributed by atoms with E-state index in [0.29, 0.717) is 0 Å². The molecule has 1 saturated carbocycles. The lowest BCUT2D eigenvalue weighted by Gasteiger charge is -2.10. The van der Waals surface area contributed by atoms with Crippen LogP contribution >= 0.6 is 12.2 Å². The molecule has 1 fully saturated rings. The highest BCUT2D eigenvalue weighted by Gasteiger charge is 2.29. The molecule has 21 heavy (non-hydrogen) atoms. The summed E-state index contributed by atoms with van der Waals surface area (Å²) in [6.07, 6.45) is 3.23. The maximum Gasteiger partial charge on any atom is 0.242 e. The van der Waals surface area contributed by atoms with Crippen LogP contribution in [0.4, 0.5) is 0 Å². The van der Waals surface area contributed by atoms with Crippen LogP contribution in [0.5, 0.6) is 0 Å². The average Bonchev–Trinajstić information content (AvgIpc) is 3.28. The smallest absolute Gasteiger partial charge is 0.242 e. The van der Waals surface area contributed by atoms with Crippen molar-refractivity contribution >= 4 is 33.1 Å². The topological polar surface area (TPSA) is 114 Å². The third-order valence-corrected chi connectivity index (χ3v) is 4.64. The second kappa shape index (κ2) is 6.46. The Kier molecular flexibility index (Phi) is 4.86. The summed E-state index contributed by atoms with van der Waals surface area (Å²) < 4.78 is 26.7. The van der Waals surface area contributed by atoms with Gasteiger partial charge in [0.15, 0.2) is 0 Å². The summed E-state index contributed by atoms with van der Waals surface area (Å²) in [6, 6.07) is 2.87. The van der Waals surface area contributed by atoms with E-state index in [1.165, 1.54) is 18.3 Å². The predicted molar refractivity (Wildman–Crippen MR) is 81.0 cm³/mol. The molecule has 1 aromatic rings. The summed E-state index contributed by atoms with van der Waals surface area (Å²) in [5.74, 6) is 0.0700. The van der Waals surface area contributed by atoms with Gasteiger partial charge >= 0.3 is 0 Å². The maximum atomic E-state index is 12.2. The summed E-state index contributed by atoms with van der Waals surface area (Å²) in [4.78, 5) is 15.1. The van der Waals surface area contributed by atoms with E-state index in [9.17, 15) is 13.2 Å². The molecule has 7 nitrogen and oxygen atoms in total. The Morgan fingerprint density at radius 2 is 2.14 bits per heavy atom. The highest BCUT2D eigenvalue weighted by Crippen LogP contribution is 2.28. The average molecular weight is 328 g/mol. The van der Waals surface area contributed by atoms with Gasteiger partial charge in [-0.05, 0) is 25.0 Å². The zero-order valence-corrected chi connectivity index (χ0v) is 12.8. The van der Waals surface area contributed by atoms with E-state index in [2.05, 4.69) is 15.0 Å². The third kappa shape index (κ3) is 4.19. The molecular formula is C12H16N4O3S2. The van der Waals surface area contributed by atoms with E-state index in [1.54, 1.807) is 0 Å². The lowest BCUT2D eigenvalue weighted by Crippen LogP contribution is -2.36. The van der Waals surface area contributed by atoms with Crippen molar-refractivity contribution in [2.24, 2.45) is 11.7 Å². The molecule has 0 atom stereocenters. The van der Waals surface area contributed by atoms with Crippen molar-refractivity contribution in [3.05, 3.63) is 24.0 Å². The van der Waals surface area contributed by atoms with Crippen LogP contribution in [0.3, 0.4) is 0 Å². The van der Waals surface area contributed by atoms with E-state index >= 15 is 0 Å². The molecule has 2 rings (SSSR count). The third-order valence-electron chi connectivity index (χ3n) is 2.96. The second-order valence-electron chi connectivity index (χ2n) is 4.68. The van der Waals surface area contributed by atoms with Crippen molar-refractivity contribution < 1.29 is 13.2 Å². The fraction of sp³-hybridized carbons (Fsp3) is 0.417. The number of rotatable bonds is 7. The lowest BCUT2D eigenvalue weighted by atomic mass is 10.3. The fourth-order valence-corrected chi connectivity index (χ4v) is 3.16. The van der Waals surface area contributed by atoms with Gasteiger partial charge in [0.1, 0.15) is 15.6 Å². The normalized spacial score (nSPS) is 14.7. The molecule has 1 heterocycles. The van der Waals surface area contributed by atoms with Gasteiger partial charge < -0.3 is 11.1 Å². The van der Waals surface area contributed by atoms with Gasteiger partial charge in [0.25, 0.3) is 0 Å². The van der Waals surface area contributed by atoms with Gasteiger partial charge in [-0.25, -0.2) is 13.1 Å². The van der Waals surface area contributed by atoms with Gasteiger partial charge in [0.2, 0.25) is 15.9 Å². The number of hydrogen-bond acceptors (Lipinski definition) is 5. The summed E-state index contributed by atoms with van der Waals surface area (Å²) in [6.45, 7) is 0.323. The molecule has 1 amide bonds. The van der Waals surface area contributed by atoms with Crippen LogP contribution < -0.4 is 15.8 Å². The van der Waals surface area contributed by atoms with Crippen molar-refractivity contribution in [2.75, 3.05) is 13.1 Å². The summed E-state index contributed by atoms with van der Waals surface area (Å²) in [5.41, 5.74) is 5.52. The molecule has 0 radical (unpaired) electrons. The van der Waals surface area contributed by atoms with E-state index < -0.39 is 10.0 Å². The van der Waals surface area contributed by atoms with E-state index in [1.807, 2.05) is 0 Å². The van der Waals surface area contributed by atoms with Gasteiger partial charge in [0.05, 0.1) is 0 Å². The summed E-state index contributed by atoms with van der Waals surface area (Å²) in [7, 11) is -3.77. The summed E-state index contributed by atoms with van der Waals surface area (Å²) in [5, 5.41) is 2.67. The van der Waals surface area contributed by atoms with Crippen molar-refractivity contribution in [1.82, 2.24) is 15.0 Å². The van der Waals surface area contributed by atoms with Crippen LogP contribution in [0.25, 0.3) is 0 Å². The number of pyridine rings is 1. The van der Waals surface area contributed by atoms with Crippen molar-refractivity contribution in [3.63, 3.8) is 0 Å². The summed E-state index contributed by atoms with van der Waals surface area (Å²) >= 11 is 4.79. The van der Waals surface area contributed by atoms with Gasteiger partial charge in [-0.3, -0.25) is 9.78 Å². The van der Waals surface area contributed by atoms with Crippen LogP contribution in [0.15, 0.2) is 23.2 Å². The zero-order valence-electron chi connectivity index (χ0n) is 11.2. The van der Waals surface area contributed by atoms with Crippen LogP contribution in [-0.2, 0) is 14.8 Å². The van der Waals surface area contributed by atoms with E-state index in [0.717, 1.165) is 12.8 Å². The first-order valence-electron chi connectivity index (χ1n) is 6.44. The molecule has 0 bridgehead atoms. The van der Waals surface area contributed by atoms with Crippen LogP contribution in [0.1, 0.15) is 18.5 Å². The van der Waals surface area contributed by atoms with Crippen molar-refractivity contribution in [3.8, 4) is 0 Å². The quantitative estimate of drug-likeness (QED) is 0.460. The van der Waals surface area contributed by atoms with Gasteiger partial charge in [-0.2, -0.15) is 0 Å². The Morgan fingerprint density at radius 1 is 1.43 bits per heavy atom. The Balaban J connectivity index is 1.95. The first-order chi connectivity index (χ1) is 9.92. The first-order valence-corrected chi connectivity index (χ1v) is 8.33. The lowest BCUT2D eigenvalue weighted by molar-refractivity contribution is -0.122. The monoisotopic (exact) mass is 328 g/mol. The molecule has 9 heteroatoms. The molecular weight excluding hydrogens is 312 g/mol. The van der Waals surface area contributed by atoms with Crippen molar-refractivity contribution in [1.29, 1.82) is 0 Å². The number of carbonyl (C=O) groups is 1. The largest absolute Gasteiger partial charge is 0.388 e. The number of nitrogens with two attached hydrogens (primary N) is 1. The Bertz CT molecular complexity index is 656. The Hall–Kier alpha value is -1.58. The number of thiocarbonyl (C=S) groups is 1. The van der Waals surface area contributed by atoms with E-state index in [-0.39, 0.29) is 40.5 Å². The number of hydrogen-bond donors (Lipinski definition) is 3. The van der Waals surface area contributed by atoms with Crippen LogP contribution in [-0.4, -0.2) is 37.4 Å².